The van der Waals surface area contributed by atoms with Crippen molar-refractivity contribution in [3.8, 4) is 16.9 Å². The maximum absolute atomic E-state index is 13.5. The molecule has 39 heavy (non-hydrogen) atoms. The van der Waals surface area contributed by atoms with Gasteiger partial charge in [0.05, 0.1) is 29.7 Å². The Morgan fingerprint density at radius 2 is 1.77 bits per heavy atom. The molecule has 0 unspecified atom stereocenters. The molecular weight excluding hydrogens is 507 g/mol. The van der Waals surface area contributed by atoms with Gasteiger partial charge in [0.25, 0.3) is 0 Å². The van der Waals surface area contributed by atoms with Gasteiger partial charge in [-0.1, -0.05) is 12.1 Å². The summed E-state index contributed by atoms with van der Waals surface area (Å²) in [5, 5.41) is 0. The van der Waals surface area contributed by atoms with Gasteiger partial charge in [-0.3, -0.25) is 4.98 Å². The third kappa shape index (κ3) is 5.15. The Morgan fingerprint density at radius 3 is 2.51 bits per heavy atom. The summed E-state index contributed by atoms with van der Waals surface area (Å²) >= 11 is 0. The first-order valence-electron chi connectivity index (χ1n) is 13.0. The molecule has 2 amide bonds. The number of pyridine rings is 1. The summed E-state index contributed by atoms with van der Waals surface area (Å²) in [6.07, 6.45) is -2.19. The number of aryl methyl sites for hydroxylation is 1. The number of ether oxygens (including phenoxy) is 1. The van der Waals surface area contributed by atoms with Crippen LogP contribution in [-0.4, -0.2) is 57.0 Å². The lowest BCUT2D eigenvalue weighted by atomic mass is 9.93. The van der Waals surface area contributed by atoms with E-state index in [1.54, 1.807) is 0 Å². The Morgan fingerprint density at radius 1 is 1.00 bits per heavy atom. The normalized spacial score (nSPS) is 16.6. The number of amides is 2. The predicted octanol–water partition coefficient (Wildman–Crippen LogP) is 6.15. The average molecular weight is 536 g/mol. The topological polar surface area (TPSA) is 74.3 Å². The number of rotatable bonds is 2. The van der Waals surface area contributed by atoms with E-state index in [1.165, 1.54) is 6.07 Å². The van der Waals surface area contributed by atoms with Crippen molar-refractivity contribution in [2.24, 2.45) is 0 Å². The Balaban J connectivity index is 1.13. The SMILES string of the molecule is Cc1nc2ccc(-c3ccc4c(c3)CN(C(=O)N3CCC(c5ccc(C(F)(F)F)cn5)CC3)CCO4)cc2[nH]1. The molecule has 2 aliphatic heterocycles. The zero-order valence-electron chi connectivity index (χ0n) is 21.5. The number of H-pyrrole nitrogens is 1. The second kappa shape index (κ2) is 9.91. The van der Waals surface area contributed by atoms with Crippen molar-refractivity contribution in [2.45, 2.75) is 38.4 Å². The van der Waals surface area contributed by atoms with Crippen LogP contribution in [0, 0.1) is 6.92 Å². The van der Waals surface area contributed by atoms with Gasteiger partial charge in [0.1, 0.15) is 18.2 Å². The molecule has 0 radical (unpaired) electrons. The fraction of sp³-hybridized carbons (Fsp3) is 0.345. The maximum atomic E-state index is 13.5. The van der Waals surface area contributed by atoms with Gasteiger partial charge < -0.3 is 19.5 Å². The lowest BCUT2D eigenvalue weighted by Gasteiger charge is -2.35. The second-order valence-electron chi connectivity index (χ2n) is 10.2. The largest absolute Gasteiger partial charge is 0.491 e. The van der Waals surface area contributed by atoms with Gasteiger partial charge in [0, 0.05) is 36.5 Å². The molecular formula is C29H28F3N5O2. The monoisotopic (exact) mass is 535 g/mol. The minimum absolute atomic E-state index is 0.0306. The fourth-order valence-corrected chi connectivity index (χ4v) is 5.43. The lowest BCUT2D eigenvalue weighted by Crippen LogP contribution is -2.46. The van der Waals surface area contributed by atoms with Gasteiger partial charge in [-0.2, -0.15) is 13.2 Å². The molecule has 0 spiro atoms. The first-order chi connectivity index (χ1) is 18.7. The fourth-order valence-electron chi connectivity index (χ4n) is 5.43. The van der Waals surface area contributed by atoms with Crippen molar-refractivity contribution in [3.05, 3.63) is 77.4 Å². The number of urea groups is 1. The van der Waals surface area contributed by atoms with Gasteiger partial charge in [0.2, 0.25) is 0 Å². The van der Waals surface area contributed by atoms with Gasteiger partial charge in [0.15, 0.2) is 0 Å². The number of fused-ring (bicyclic) bond motifs is 2. The van der Waals surface area contributed by atoms with E-state index in [4.69, 9.17) is 4.74 Å². The van der Waals surface area contributed by atoms with Crippen LogP contribution in [0.25, 0.3) is 22.2 Å². The molecule has 202 valence electrons. The van der Waals surface area contributed by atoms with Crippen molar-refractivity contribution in [1.82, 2.24) is 24.8 Å². The summed E-state index contributed by atoms with van der Waals surface area (Å²) in [5.41, 5.74) is 4.82. The third-order valence-corrected chi connectivity index (χ3v) is 7.54. The number of benzene rings is 2. The Hall–Kier alpha value is -4.08. The highest BCUT2D eigenvalue weighted by molar-refractivity contribution is 5.82. The molecule has 0 aliphatic carbocycles. The molecule has 0 saturated carbocycles. The molecule has 6 rings (SSSR count). The summed E-state index contributed by atoms with van der Waals surface area (Å²) in [6, 6.07) is 14.7. The van der Waals surface area contributed by atoms with E-state index in [-0.39, 0.29) is 11.9 Å². The third-order valence-electron chi connectivity index (χ3n) is 7.54. The molecule has 4 aromatic rings. The number of carbonyl (C=O) groups is 1. The molecule has 1 saturated heterocycles. The molecule has 1 N–H and O–H groups in total. The molecule has 2 aromatic heterocycles. The van der Waals surface area contributed by atoms with Crippen LogP contribution < -0.4 is 4.74 Å². The van der Waals surface area contributed by atoms with Gasteiger partial charge in [-0.25, -0.2) is 9.78 Å². The first kappa shape index (κ1) is 25.2. The standard InChI is InChI=1S/C29H28F3N5O2/c1-18-34-25-5-2-21(15-26(25)35-18)20-3-7-27-22(14-20)17-37(12-13-39-27)28(38)36-10-8-19(9-11-36)24-6-4-23(16-33-24)29(30,31)32/h2-7,14-16,19H,8-13,17H2,1H3,(H,34,35). The summed E-state index contributed by atoms with van der Waals surface area (Å²) in [7, 11) is 0. The minimum atomic E-state index is -4.40. The highest BCUT2D eigenvalue weighted by Gasteiger charge is 2.32. The predicted molar refractivity (Wildman–Crippen MR) is 140 cm³/mol. The number of aromatic amines is 1. The smallest absolute Gasteiger partial charge is 0.417 e. The number of alkyl halides is 3. The van der Waals surface area contributed by atoms with Gasteiger partial charge >= 0.3 is 12.2 Å². The van der Waals surface area contributed by atoms with Gasteiger partial charge in [-0.05, 0) is 67.3 Å². The Bertz CT molecular complexity index is 1510. The van der Waals surface area contributed by atoms with Crippen LogP contribution in [0.2, 0.25) is 0 Å². The molecule has 10 heteroatoms. The van der Waals surface area contributed by atoms with E-state index in [0.717, 1.165) is 51.6 Å². The van der Waals surface area contributed by atoms with Gasteiger partial charge in [-0.15, -0.1) is 0 Å². The van der Waals surface area contributed by atoms with Crippen molar-refractivity contribution < 1.29 is 22.7 Å². The van der Waals surface area contributed by atoms with E-state index in [2.05, 4.69) is 27.1 Å². The van der Waals surface area contributed by atoms with Crippen LogP contribution in [-0.2, 0) is 12.7 Å². The molecule has 4 heterocycles. The van der Waals surface area contributed by atoms with Crippen LogP contribution in [0.3, 0.4) is 0 Å². The van der Waals surface area contributed by atoms with Crippen LogP contribution in [0.1, 0.15) is 41.4 Å². The zero-order valence-corrected chi connectivity index (χ0v) is 21.5. The molecule has 1 fully saturated rings. The number of hydrogen-bond acceptors (Lipinski definition) is 4. The number of piperidine rings is 1. The Kier molecular flexibility index (Phi) is 6.40. The van der Waals surface area contributed by atoms with Crippen molar-refractivity contribution >= 4 is 17.1 Å². The second-order valence-corrected chi connectivity index (χ2v) is 10.2. The summed E-state index contributed by atoms with van der Waals surface area (Å²) in [6.45, 7) is 4.30. The van der Waals surface area contributed by atoms with Crippen LogP contribution in [0.5, 0.6) is 5.75 Å². The summed E-state index contributed by atoms with van der Waals surface area (Å²) in [5.74, 6) is 1.67. The van der Waals surface area contributed by atoms with Crippen molar-refractivity contribution in [2.75, 3.05) is 26.2 Å². The average Bonchev–Trinajstić information content (AvgIpc) is 3.18. The summed E-state index contributed by atoms with van der Waals surface area (Å²) < 4.78 is 44.6. The van der Waals surface area contributed by atoms with E-state index in [9.17, 15) is 18.0 Å². The van der Waals surface area contributed by atoms with Crippen LogP contribution in [0.15, 0.2) is 54.7 Å². The number of hydrogen-bond donors (Lipinski definition) is 1. The minimum Gasteiger partial charge on any atom is -0.491 e. The quantitative estimate of drug-likeness (QED) is 0.334. The molecule has 0 atom stereocenters. The van der Waals surface area contributed by atoms with E-state index < -0.39 is 11.7 Å². The number of halogens is 3. The highest BCUT2D eigenvalue weighted by atomic mass is 19.4. The number of imidazole rings is 1. The van der Waals surface area contributed by atoms with Crippen molar-refractivity contribution in [3.63, 3.8) is 0 Å². The van der Waals surface area contributed by atoms with E-state index >= 15 is 0 Å². The Labute approximate surface area is 223 Å². The van der Waals surface area contributed by atoms with Crippen LogP contribution in [0.4, 0.5) is 18.0 Å². The number of nitrogens with one attached hydrogen (secondary N) is 1. The molecule has 0 bridgehead atoms. The van der Waals surface area contributed by atoms with Crippen LogP contribution >= 0.6 is 0 Å². The number of nitrogens with zero attached hydrogens (tertiary/aromatic N) is 4. The zero-order chi connectivity index (χ0) is 27.1. The van der Waals surface area contributed by atoms with Crippen molar-refractivity contribution in [1.29, 1.82) is 0 Å². The summed E-state index contributed by atoms with van der Waals surface area (Å²) in [4.78, 5) is 28.9. The number of carbonyl (C=O) groups excluding carboxylic acids is 1. The lowest BCUT2D eigenvalue weighted by molar-refractivity contribution is -0.137. The first-order valence-corrected chi connectivity index (χ1v) is 13.0. The number of aromatic nitrogens is 3. The molecule has 2 aromatic carbocycles. The molecule has 2 aliphatic rings. The maximum Gasteiger partial charge on any atom is 0.417 e. The van der Waals surface area contributed by atoms with E-state index in [0.29, 0.717) is 51.3 Å². The highest BCUT2D eigenvalue weighted by Crippen LogP contribution is 2.33. The molecule has 7 nitrogen and oxygen atoms in total. The van der Waals surface area contributed by atoms with E-state index in [1.807, 2.05) is 41.0 Å². The number of likely N-dealkylation sites (tertiary alicyclic amines) is 1.